The zero-order valence-electron chi connectivity index (χ0n) is 15.8. The highest BCUT2D eigenvalue weighted by atomic mass is 35.5. The van der Waals surface area contributed by atoms with Crippen LogP contribution < -0.4 is 9.64 Å². The summed E-state index contributed by atoms with van der Waals surface area (Å²) in [5.74, 6) is 3.08. The predicted molar refractivity (Wildman–Crippen MR) is 106 cm³/mol. The van der Waals surface area contributed by atoms with Gasteiger partial charge in [0.2, 0.25) is 0 Å². The van der Waals surface area contributed by atoms with Gasteiger partial charge in [0.1, 0.15) is 24.0 Å². The lowest BCUT2D eigenvalue weighted by molar-refractivity contribution is 0.200. The van der Waals surface area contributed by atoms with Crippen LogP contribution in [0.3, 0.4) is 0 Å². The SMILES string of the molecule is Cc1cc(N2CCN(CCOc3ccccc3Cl)CC2)nc(C(C)C)n1. The topological polar surface area (TPSA) is 41.5 Å². The third kappa shape index (κ3) is 4.86. The van der Waals surface area contributed by atoms with Gasteiger partial charge in [0.25, 0.3) is 0 Å². The minimum absolute atomic E-state index is 0.344. The maximum atomic E-state index is 6.12. The summed E-state index contributed by atoms with van der Waals surface area (Å²) in [6.07, 6.45) is 0. The van der Waals surface area contributed by atoms with Gasteiger partial charge in [0.15, 0.2) is 0 Å². The first kappa shape index (κ1) is 18.9. The zero-order chi connectivity index (χ0) is 18.5. The quantitative estimate of drug-likeness (QED) is 0.770. The molecule has 0 bridgehead atoms. The highest BCUT2D eigenvalue weighted by Gasteiger charge is 2.19. The van der Waals surface area contributed by atoms with E-state index in [0.29, 0.717) is 17.5 Å². The van der Waals surface area contributed by atoms with E-state index in [9.17, 15) is 0 Å². The molecule has 1 saturated heterocycles. The van der Waals surface area contributed by atoms with Crippen LogP contribution in [-0.4, -0.2) is 54.2 Å². The third-order valence-corrected chi connectivity index (χ3v) is 4.88. The van der Waals surface area contributed by atoms with Crippen LogP contribution in [-0.2, 0) is 0 Å². The number of para-hydroxylation sites is 1. The van der Waals surface area contributed by atoms with Crippen molar-refractivity contribution < 1.29 is 4.74 Å². The second-order valence-corrected chi connectivity index (χ2v) is 7.40. The Balaban J connectivity index is 1.49. The maximum absolute atomic E-state index is 6.12. The van der Waals surface area contributed by atoms with Crippen LogP contribution in [0.4, 0.5) is 5.82 Å². The standard InChI is InChI=1S/C20H27ClN4O/c1-15(2)20-22-16(3)14-19(23-20)25-10-8-24(9-11-25)12-13-26-18-7-5-4-6-17(18)21/h4-7,14-15H,8-13H2,1-3H3. The van der Waals surface area contributed by atoms with E-state index in [1.165, 1.54) is 0 Å². The summed E-state index contributed by atoms with van der Waals surface area (Å²) in [5, 5.41) is 0.664. The second kappa shape index (κ2) is 8.69. The van der Waals surface area contributed by atoms with Gasteiger partial charge in [-0.3, -0.25) is 4.90 Å². The van der Waals surface area contributed by atoms with Gasteiger partial charge in [-0.15, -0.1) is 0 Å². The molecule has 0 N–H and O–H groups in total. The molecule has 1 aromatic heterocycles. The molecule has 26 heavy (non-hydrogen) atoms. The number of halogens is 1. The fourth-order valence-corrected chi connectivity index (χ4v) is 3.23. The molecule has 0 aliphatic carbocycles. The van der Waals surface area contributed by atoms with Crippen LogP contribution in [0.1, 0.15) is 31.3 Å². The molecular weight excluding hydrogens is 348 g/mol. The highest BCUT2D eigenvalue weighted by molar-refractivity contribution is 6.32. The maximum Gasteiger partial charge on any atom is 0.137 e. The Labute approximate surface area is 161 Å². The number of hydrogen-bond donors (Lipinski definition) is 0. The lowest BCUT2D eigenvalue weighted by atomic mass is 10.2. The summed E-state index contributed by atoms with van der Waals surface area (Å²) in [4.78, 5) is 14.1. The fourth-order valence-electron chi connectivity index (χ4n) is 3.04. The largest absolute Gasteiger partial charge is 0.491 e. The molecule has 1 aliphatic rings. The van der Waals surface area contributed by atoms with E-state index in [4.69, 9.17) is 21.3 Å². The van der Waals surface area contributed by atoms with Gasteiger partial charge in [-0.05, 0) is 19.1 Å². The van der Waals surface area contributed by atoms with Crippen molar-refractivity contribution in [2.75, 3.05) is 44.2 Å². The van der Waals surface area contributed by atoms with E-state index >= 15 is 0 Å². The molecular formula is C20H27ClN4O. The fraction of sp³-hybridized carbons (Fsp3) is 0.500. The molecule has 0 radical (unpaired) electrons. The molecule has 3 rings (SSSR count). The third-order valence-electron chi connectivity index (χ3n) is 4.57. The molecule has 1 fully saturated rings. The molecule has 0 spiro atoms. The van der Waals surface area contributed by atoms with E-state index in [0.717, 1.165) is 55.8 Å². The van der Waals surface area contributed by atoms with E-state index in [2.05, 4.69) is 34.7 Å². The predicted octanol–water partition coefficient (Wildman–Crippen LogP) is 3.76. The van der Waals surface area contributed by atoms with Crippen molar-refractivity contribution in [2.24, 2.45) is 0 Å². The lowest BCUT2D eigenvalue weighted by Gasteiger charge is -2.35. The monoisotopic (exact) mass is 374 g/mol. The Morgan fingerprint density at radius 3 is 2.54 bits per heavy atom. The molecule has 2 aromatic rings. The Kier molecular flexibility index (Phi) is 6.33. The summed E-state index contributed by atoms with van der Waals surface area (Å²) in [6, 6.07) is 9.69. The number of rotatable bonds is 6. The van der Waals surface area contributed by atoms with Crippen molar-refractivity contribution in [3.05, 3.63) is 46.9 Å². The first-order valence-corrected chi connectivity index (χ1v) is 9.61. The molecule has 1 aromatic carbocycles. The lowest BCUT2D eigenvalue weighted by Crippen LogP contribution is -2.47. The van der Waals surface area contributed by atoms with Crippen molar-refractivity contribution in [3.63, 3.8) is 0 Å². The molecule has 2 heterocycles. The van der Waals surface area contributed by atoms with Crippen LogP contribution in [0, 0.1) is 6.92 Å². The van der Waals surface area contributed by atoms with Gasteiger partial charge >= 0.3 is 0 Å². The molecule has 140 valence electrons. The molecule has 0 amide bonds. The first-order chi connectivity index (χ1) is 12.5. The number of ether oxygens (including phenoxy) is 1. The first-order valence-electron chi connectivity index (χ1n) is 9.23. The molecule has 1 aliphatic heterocycles. The number of hydrogen-bond acceptors (Lipinski definition) is 5. The van der Waals surface area contributed by atoms with Gasteiger partial charge in [-0.1, -0.05) is 37.6 Å². The highest BCUT2D eigenvalue weighted by Crippen LogP contribution is 2.23. The Morgan fingerprint density at radius 1 is 1.12 bits per heavy atom. The molecule has 6 heteroatoms. The van der Waals surface area contributed by atoms with Crippen molar-refractivity contribution in [1.82, 2.24) is 14.9 Å². The van der Waals surface area contributed by atoms with E-state index < -0.39 is 0 Å². The van der Waals surface area contributed by atoms with Crippen LogP contribution in [0.5, 0.6) is 5.75 Å². The minimum Gasteiger partial charge on any atom is -0.491 e. The van der Waals surface area contributed by atoms with Crippen LogP contribution >= 0.6 is 11.6 Å². The van der Waals surface area contributed by atoms with Gasteiger partial charge < -0.3 is 9.64 Å². The summed E-state index contributed by atoms with van der Waals surface area (Å²) < 4.78 is 5.80. The zero-order valence-corrected chi connectivity index (χ0v) is 16.5. The van der Waals surface area contributed by atoms with Crippen molar-refractivity contribution in [2.45, 2.75) is 26.7 Å². The minimum atomic E-state index is 0.344. The molecule has 0 unspecified atom stereocenters. The summed E-state index contributed by atoms with van der Waals surface area (Å²) >= 11 is 6.12. The number of piperazine rings is 1. The normalized spacial score (nSPS) is 15.5. The van der Waals surface area contributed by atoms with Crippen LogP contribution in [0.2, 0.25) is 5.02 Å². The van der Waals surface area contributed by atoms with Crippen molar-refractivity contribution in [1.29, 1.82) is 0 Å². The Hall–Kier alpha value is -1.85. The molecule has 0 atom stereocenters. The number of nitrogens with zero attached hydrogens (tertiary/aromatic N) is 4. The number of aromatic nitrogens is 2. The van der Waals surface area contributed by atoms with E-state index in [1.807, 2.05) is 31.2 Å². The number of anilines is 1. The summed E-state index contributed by atoms with van der Waals surface area (Å²) in [5.41, 5.74) is 1.04. The van der Waals surface area contributed by atoms with Crippen molar-refractivity contribution >= 4 is 17.4 Å². The van der Waals surface area contributed by atoms with E-state index in [1.54, 1.807) is 0 Å². The summed E-state index contributed by atoms with van der Waals surface area (Å²) in [7, 11) is 0. The van der Waals surface area contributed by atoms with Gasteiger partial charge in [0.05, 0.1) is 5.02 Å². The van der Waals surface area contributed by atoms with E-state index in [-0.39, 0.29) is 0 Å². The van der Waals surface area contributed by atoms with Gasteiger partial charge in [0, 0.05) is 50.4 Å². The Morgan fingerprint density at radius 2 is 1.85 bits per heavy atom. The van der Waals surface area contributed by atoms with Gasteiger partial charge in [-0.25, -0.2) is 9.97 Å². The number of aryl methyl sites for hydroxylation is 1. The average Bonchev–Trinajstić information content (AvgIpc) is 2.63. The summed E-state index contributed by atoms with van der Waals surface area (Å²) in [6.45, 7) is 11.8. The molecule has 5 nitrogen and oxygen atoms in total. The average molecular weight is 375 g/mol. The molecule has 0 saturated carbocycles. The van der Waals surface area contributed by atoms with Crippen LogP contribution in [0.25, 0.3) is 0 Å². The smallest absolute Gasteiger partial charge is 0.137 e. The van der Waals surface area contributed by atoms with Crippen LogP contribution in [0.15, 0.2) is 30.3 Å². The van der Waals surface area contributed by atoms with Gasteiger partial charge in [-0.2, -0.15) is 0 Å². The van der Waals surface area contributed by atoms with Crippen molar-refractivity contribution in [3.8, 4) is 5.75 Å². The second-order valence-electron chi connectivity index (χ2n) is 6.99. The number of benzene rings is 1. The Bertz CT molecular complexity index is 730.